The van der Waals surface area contributed by atoms with Crippen LogP contribution in [0.25, 0.3) is 0 Å². The molecule has 0 saturated heterocycles. The Morgan fingerprint density at radius 2 is 1.19 bits per heavy atom. The van der Waals surface area contributed by atoms with E-state index in [-0.39, 0.29) is 36.1 Å². The molecule has 0 atom stereocenters. The zero-order valence-electron chi connectivity index (χ0n) is 14.2. The quantitative estimate of drug-likeness (QED) is 0.114. The third kappa shape index (κ3) is 15.3. The molecule has 0 saturated carbocycles. The maximum Gasteiger partial charge on any atom is 1.00 e. The van der Waals surface area contributed by atoms with Gasteiger partial charge in [0.05, 0.1) is 19.6 Å². The molecule has 0 aromatic rings. The third-order valence-corrected chi connectivity index (χ3v) is 2.35. The molecule has 0 aliphatic rings. The Kier molecular flexibility index (Phi) is 15.1. The predicted octanol–water partition coefficient (Wildman–Crippen LogP) is -8.74. The first-order valence-electron chi connectivity index (χ1n) is 6.93. The van der Waals surface area contributed by atoms with Crippen LogP contribution in [0.4, 0.5) is 0 Å². The summed E-state index contributed by atoms with van der Waals surface area (Å²) in [6.07, 6.45) is 0. The van der Waals surface area contributed by atoms with Crippen molar-refractivity contribution in [2.45, 2.75) is 0 Å². The molecule has 0 rings (SSSR count). The summed E-state index contributed by atoms with van der Waals surface area (Å²) in [7, 11) is 0. The molecule has 0 spiro atoms. The molecule has 0 radical (unpaired) electrons. The van der Waals surface area contributed by atoms with Crippen LogP contribution in [0.5, 0.6) is 0 Å². The van der Waals surface area contributed by atoms with Gasteiger partial charge in [-0.2, -0.15) is 0 Å². The zero-order chi connectivity index (χ0) is 19.2. The molecule has 0 aromatic heterocycles. The van der Waals surface area contributed by atoms with E-state index in [9.17, 15) is 29.1 Å². The molecule has 26 heavy (non-hydrogen) atoms. The fraction of sp³-hybridized carbons (Fsp3) is 0.500. The Bertz CT molecular complexity index is 554. The number of rotatable bonds is 11. The molecular formula is C12H19N6NaO7. The summed E-state index contributed by atoms with van der Waals surface area (Å²) < 4.78 is 0. The number of nitrogens with one attached hydrogen (secondary N) is 4. The summed E-state index contributed by atoms with van der Waals surface area (Å²) >= 11 is 0. The van der Waals surface area contributed by atoms with Crippen LogP contribution in [0.15, 0.2) is 4.99 Å². The topological polar surface area (TPSA) is 215 Å². The first kappa shape index (κ1) is 26.0. The number of hydrogen-bond acceptors (Lipinski definition) is 8. The molecule has 140 valence electrons. The number of carboxylic acid groups (broad SMARTS) is 1. The summed E-state index contributed by atoms with van der Waals surface area (Å²) in [5, 5.41) is 27.6. The Morgan fingerprint density at radius 1 is 0.808 bits per heavy atom. The number of carbonyl (C=O) groups is 5. The van der Waals surface area contributed by atoms with Crippen molar-refractivity contribution in [2.24, 2.45) is 10.7 Å². The molecule has 0 unspecified atom stereocenters. The van der Waals surface area contributed by atoms with Crippen molar-refractivity contribution >= 4 is 35.5 Å². The van der Waals surface area contributed by atoms with E-state index in [0.717, 1.165) is 0 Å². The SMILES string of the molecule is NCC([O-])=NCC(=O)NCC(=O)NCC(=O)NCC(=O)NCC(=O)O.[Na+]. The van der Waals surface area contributed by atoms with Crippen LogP contribution in [0.1, 0.15) is 0 Å². The number of nitrogens with two attached hydrogens (primary N) is 1. The van der Waals surface area contributed by atoms with Crippen LogP contribution in [0, 0.1) is 0 Å². The second-order valence-corrected chi connectivity index (χ2v) is 4.41. The van der Waals surface area contributed by atoms with Crippen molar-refractivity contribution in [1.82, 2.24) is 21.3 Å². The second kappa shape index (κ2) is 15.1. The van der Waals surface area contributed by atoms with Crippen molar-refractivity contribution in [3.05, 3.63) is 0 Å². The minimum atomic E-state index is -1.23. The molecule has 4 amide bonds. The molecule has 14 heteroatoms. The number of carboxylic acids is 1. The first-order valence-corrected chi connectivity index (χ1v) is 6.93. The number of hydrogen-bond donors (Lipinski definition) is 6. The van der Waals surface area contributed by atoms with E-state index < -0.39 is 68.2 Å². The zero-order valence-corrected chi connectivity index (χ0v) is 16.2. The molecule has 0 aliphatic carbocycles. The van der Waals surface area contributed by atoms with Gasteiger partial charge in [0.2, 0.25) is 23.6 Å². The summed E-state index contributed by atoms with van der Waals surface area (Å²) in [5.74, 6) is -4.61. The smallest absolute Gasteiger partial charge is 0.861 e. The van der Waals surface area contributed by atoms with Crippen LogP contribution >= 0.6 is 0 Å². The van der Waals surface area contributed by atoms with Crippen molar-refractivity contribution in [3.8, 4) is 0 Å². The van der Waals surface area contributed by atoms with Gasteiger partial charge in [-0.05, 0) is 5.90 Å². The van der Waals surface area contributed by atoms with E-state index >= 15 is 0 Å². The fourth-order valence-corrected chi connectivity index (χ4v) is 1.18. The van der Waals surface area contributed by atoms with E-state index in [0.29, 0.717) is 0 Å². The van der Waals surface area contributed by atoms with E-state index in [2.05, 4.69) is 20.9 Å². The predicted molar refractivity (Wildman–Crippen MR) is 81.0 cm³/mol. The molecule has 0 aromatic carbocycles. The molecule has 13 nitrogen and oxygen atoms in total. The standard InChI is InChI=1S/C12H20N6O7.Na/c13-1-7(19)14-2-8(20)15-3-9(21)16-4-10(22)17-5-11(23)18-6-12(24)25;/h1-6,13H2,(H,14,19)(H,15,20)(H,16,21)(H,17,22)(H,18,23)(H,24,25);/q;+1/p-1. The van der Waals surface area contributed by atoms with Crippen molar-refractivity contribution < 1.29 is 63.7 Å². The van der Waals surface area contributed by atoms with Crippen molar-refractivity contribution in [1.29, 1.82) is 0 Å². The molecule has 0 heterocycles. The van der Waals surface area contributed by atoms with Gasteiger partial charge >= 0.3 is 35.5 Å². The van der Waals surface area contributed by atoms with Gasteiger partial charge in [0, 0.05) is 6.54 Å². The van der Waals surface area contributed by atoms with Gasteiger partial charge in [-0.1, -0.05) is 0 Å². The number of carbonyl (C=O) groups excluding carboxylic acids is 4. The van der Waals surface area contributed by atoms with Gasteiger partial charge < -0.3 is 37.2 Å². The molecule has 7 N–H and O–H groups in total. The van der Waals surface area contributed by atoms with Crippen LogP contribution in [0.3, 0.4) is 0 Å². The van der Waals surface area contributed by atoms with E-state index in [4.69, 9.17) is 10.8 Å². The van der Waals surface area contributed by atoms with Crippen LogP contribution in [0.2, 0.25) is 0 Å². The molecule has 0 fully saturated rings. The van der Waals surface area contributed by atoms with Crippen LogP contribution in [-0.4, -0.2) is 79.9 Å². The monoisotopic (exact) mass is 382 g/mol. The minimum Gasteiger partial charge on any atom is -0.861 e. The Morgan fingerprint density at radius 3 is 1.58 bits per heavy atom. The summed E-state index contributed by atoms with van der Waals surface area (Å²) in [5.41, 5.74) is 4.99. The Balaban J connectivity index is 0. The Hall–Kier alpha value is -2.22. The van der Waals surface area contributed by atoms with Crippen molar-refractivity contribution in [2.75, 3.05) is 39.3 Å². The second-order valence-electron chi connectivity index (χ2n) is 4.41. The number of aliphatic carboxylic acids is 1. The van der Waals surface area contributed by atoms with Crippen LogP contribution in [-0.2, 0) is 24.0 Å². The average molecular weight is 382 g/mol. The minimum absolute atomic E-state index is 0. The number of amides is 4. The largest absolute Gasteiger partial charge is 1.00 e. The van der Waals surface area contributed by atoms with E-state index in [1.807, 2.05) is 5.32 Å². The van der Waals surface area contributed by atoms with Gasteiger partial charge in [0.15, 0.2) is 0 Å². The van der Waals surface area contributed by atoms with Crippen molar-refractivity contribution in [3.63, 3.8) is 0 Å². The summed E-state index contributed by atoms with van der Waals surface area (Å²) in [4.78, 5) is 58.7. The van der Waals surface area contributed by atoms with Gasteiger partial charge in [0.25, 0.3) is 0 Å². The van der Waals surface area contributed by atoms with Gasteiger partial charge in [-0.3, -0.25) is 29.0 Å². The van der Waals surface area contributed by atoms with Gasteiger partial charge in [-0.15, -0.1) is 0 Å². The van der Waals surface area contributed by atoms with Gasteiger partial charge in [0.1, 0.15) is 13.1 Å². The maximum absolute atomic E-state index is 11.4. The van der Waals surface area contributed by atoms with E-state index in [1.165, 1.54) is 0 Å². The maximum atomic E-state index is 11.4. The molecule has 0 bridgehead atoms. The van der Waals surface area contributed by atoms with Crippen LogP contribution < -0.4 is 61.7 Å². The molecule has 0 aliphatic heterocycles. The Labute approximate surface area is 170 Å². The molecular weight excluding hydrogens is 363 g/mol. The number of aliphatic imine (C=N–C) groups is 1. The fourth-order valence-electron chi connectivity index (χ4n) is 1.18. The summed E-state index contributed by atoms with van der Waals surface area (Å²) in [6.45, 7) is -2.69. The normalized spacial score (nSPS) is 10.1. The van der Waals surface area contributed by atoms with Gasteiger partial charge in [-0.25, -0.2) is 0 Å². The number of nitrogens with zero attached hydrogens (tertiary/aromatic N) is 1. The third-order valence-electron chi connectivity index (χ3n) is 2.35. The van der Waals surface area contributed by atoms with E-state index in [1.54, 1.807) is 0 Å². The average Bonchev–Trinajstić information content (AvgIpc) is 2.58. The summed E-state index contributed by atoms with van der Waals surface area (Å²) in [6, 6.07) is 0. The first-order chi connectivity index (χ1) is 11.7.